The number of nitrogens with two attached hydrogens (primary N) is 2. The smallest absolute Gasteiger partial charge is 0.130 e. The maximum Gasteiger partial charge on any atom is 0.130 e. The molecular formula is C43H48N2O2. The Hall–Kier alpha value is -4.70. The highest BCUT2D eigenvalue weighted by atomic mass is 16.5. The van der Waals surface area contributed by atoms with Crippen molar-refractivity contribution in [3.63, 3.8) is 0 Å². The average Bonchev–Trinajstić information content (AvgIpc) is 3.05. The minimum Gasteiger partial charge on any atom is -0.457 e. The summed E-state index contributed by atoms with van der Waals surface area (Å²) in [6, 6.07) is 34.5. The zero-order valence-corrected chi connectivity index (χ0v) is 28.5. The second-order valence-electron chi connectivity index (χ2n) is 13.6. The van der Waals surface area contributed by atoms with Crippen LogP contribution in [0.15, 0.2) is 97.1 Å². The molecule has 47 heavy (non-hydrogen) atoms. The van der Waals surface area contributed by atoms with Gasteiger partial charge in [-0.3, -0.25) is 0 Å². The van der Waals surface area contributed by atoms with E-state index in [9.17, 15) is 0 Å². The molecule has 0 aliphatic heterocycles. The number of anilines is 2. The Morgan fingerprint density at radius 1 is 0.596 bits per heavy atom. The van der Waals surface area contributed by atoms with Gasteiger partial charge in [0, 0.05) is 16.8 Å². The Morgan fingerprint density at radius 2 is 1.06 bits per heavy atom. The van der Waals surface area contributed by atoms with Gasteiger partial charge in [-0.15, -0.1) is 0 Å². The van der Waals surface area contributed by atoms with Crippen LogP contribution in [0.2, 0.25) is 0 Å². The second kappa shape index (κ2) is 13.6. The summed E-state index contributed by atoms with van der Waals surface area (Å²) in [7, 11) is 0. The van der Waals surface area contributed by atoms with Crippen molar-refractivity contribution < 1.29 is 9.47 Å². The Labute approximate surface area is 280 Å². The molecule has 1 aliphatic rings. The van der Waals surface area contributed by atoms with Crippen LogP contribution in [0, 0.1) is 27.7 Å². The maximum absolute atomic E-state index is 6.41. The van der Waals surface area contributed by atoms with Crippen LogP contribution >= 0.6 is 0 Å². The third kappa shape index (κ3) is 6.88. The fraction of sp³-hybridized carbons (Fsp3) is 0.302. The molecule has 0 unspecified atom stereocenters. The van der Waals surface area contributed by atoms with Gasteiger partial charge in [-0.05, 0) is 159 Å². The molecule has 5 aromatic rings. The van der Waals surface area contributed by atoms with Gasteiger partial charge in [0.05, 0.1) is 0 Å². The second-order valence-corrected chi connectivity index (χ2v) is 13.6. The minimum atomic E-state index is -0.113. The number of benzene rings is 5. The highest BCUT2D eigenvalue weighted by Crippen LogP contribution is 2.50. The van der Waals surface area contributed by atoms with E-state index in [1.165, 1.54) is 28.7 Å². The fourth-order valence-electron chi connectivity index (χ4n) is 7.41. The van der Waals surface area contributed by atoms with Gasteiger partial charge >= 0.3 is 0 Å². The van der Waals surface area contributed by atoms with Gasteiger partial charge in [0.25, 0.3) is 0 Å². The van der Waals surface area contributed by atoms with E-state index in [2.05, 4.69) is 81.4 Å². The molecule has 242 valence electrons. The molecule has 4 heteroatoms. The molecule has 0 saturated heterocycles. The third-order valence-electron chi connectivity index (χ3n) is 10.1. The molecule has 1 aliphatic carbocycles. The van der Waals surface area contributed by atoms with Gasteiger partial charge < -0.3 is 20.9 Å². The first kappa shape index (κ1) is 32.2. The van der Waals surface area contributed by atoms with Crippen molar-refractivity contribution in [2.24, 2.45) is 0 Å². The molecule has 0 radical (unpaired) electrons. The molecule has 0 heterocycles. The normalized spacial score (nSPS) is 14.6. The Morgan fingerprint density at radius 3 is 1.51 bits per heavy atom. The lowest BCUT2D eigenvalue weighted by atomic mass is 9.62. The molecule has 5 aromatic carbocycles. The summed E-state index contributed by atoms with van der Waals surface area (Å²) in [6.07, 6.45) is 6.73. The van der Waals surface area contributed by atoms with E-state index in [-0.39, 0.29) is 5.41 Å². The minimum absolute atomic E-state index is 0.113. The van der Waals surface area contributed by atoms with E-state index in [1.807, 2.05) is 50.2 Å². The number of hydrogen-bond donors (Lipinski definition) is 2. The molecular weight excluding hydrogens is 576 g/mol. The Bertz CT molecular complexity index is 1780. The Kier molecular flexibility index (Phi) is 9.31. The standard InChI is InChI=1S/C43H48N2O2/c1-6-8-32-9-7-10-34(27-32)33-19-21-43(22-20-33,35-11-15-39(28(2)23-35)46-41-17-13-37(44)25-30(41)4)36-12-16-40(29(3)24-36)47-42-18-14-38(45)26-31(42)5/h7,9-18,23-27,33H,6,8,19-22,44-45H2,1-5H3. The van der Waals surface area contributed by atoms with E-state index in [0.29, 0.717) is 5.92 Å². The molecule has 0 spiro atoms. The predicted octanol–water partition coefficient (Wildman–Crippen LogP) is 11.3. The number of aryl methyl sites for hydroxylation is 5. The molecule has 4 N–H and O–H groups in total. The summed E-state index contributed by atoms with van der Waals surface area (Å²) in [5.41, 5.74) is 23.3. The van der Waals surface area contributed by atoms with Crippen LogP contribution in [0.3, 0.4) is 0 Å². The fourth-order valence-corrected chi connectivity index (χ4v) is 7.41. The molecule has 4 nitrogen and oxygen atoms in total. The van der Waals surface area contributed by atoms with E-state index >= 15 is 0 Å². The monoisotopic (exact) mass is 624 g/mol. The van der Waals surface area contributed by atoms with Crippen LogP contribution < -0.4 is 20.9 Å². The lowest BCUT2D eigenvalue weighted by Gasteiger charge is -2.42. The van der Waals surface area contributed by atoms with Crippen molar-refractivity contribution in [2.75, 3.05) is 11.5 Å². The van der Waals surface area contributed by atoms with Crippen LogP contribution in [0.1, 0.15) is 89.5 Å². The molecule has 0 atom stereocenters. The van der Waals surface area contributed by atoms with Crippen LogP contribution in [0.5, 0.6) is 23.0 Å². The van der Waals surface area contributed by atoms with Crippen LogP contribution in [0.25, 0.3) is 0 Å². The van der Waals surface area contributed by atoms with Crippen LogP contribution in [-0.2, 0) is 11.8 Å². The first-order valence-electron chi connectivity index (χ1n) is 17.0. The van der Waals surface area contributed by atoms with E-state index < -0.39 is 0 Å². The van der Waals surface area contributed by atoms with Gasteiger partial charge in [0.1, 0.15) is 23.0 Å². The van der Waals surface area contributed by atoms with Crippen molar-refractivity contribution >= 4 is 11.4 Å². The first-order chi connectivity index (χ1) is 22.6. The zero-order valence-electron chi connectivity index (χ0n) is 28.5. The highest BCUT2D eigenvalue weighted by molar-refractivity contribution is 5.53. The number of nitrogen functional groups attached to an aromatic ring is 2. The maximum atomic E-state index is 6.41. The first-order valence-corrected chi connectivity index (χ1v) is 17.0. The van der Waals surface area contributed by atoms with Gasteiger partial charge in [-0.1, -0.05) is 61.9 Å². The predicted molar refractivity (Wildman–Crippen MR) is 196 cm³/mol. The van der Waals surface area contributed by atoms with Crippen molar-refractivity contribution in [2.45, 2.75) is 84.5 Å². The number of rotatable bonds is 9. The molecule has 1 fully saturated rings. The lowest BCUT2D eigenvalue weighted by molar-refractivity contribution is 0.314. The highest BCUT2D eigenvalue weighted by Gasteiger charge is 2.39. The molecule has 1 saturated carbocycles. The van der Waals surface area contributed by atoms with Crippen molar-refractivity contribution in [1.29, 1.82) is 0 Å². The summed E-state index contributed by atoms with van der Waals surface area (Å²) < 4.78 is 12.8. The number of ether oxygens (including phenoxy) is 2. The third-order valence-corrected chi connectivity index (χ3v) is 10.1. The van der Waals surface area contributed by atoms with Crippen molar-refractivity contribution in [3.8, 4) is 23.0 Å². The molecule has 6 rings (SSSR count). The zero-order chi connectivity index (χ0) is 33.1. The van der Waals surface area contributed by atoms with E-state index in [0.717, 1.165) is 88.7 Å². The van der Waals surface area contributed by atoms with Gasteiger partial charge in [-0.25, -0.2) is 0 Å². The van der Waals surface area contributed by atoms with Gasteiger partial charge in [-0.2, -0.15) is 0 Å². The Balaban J connectivity index is 1.34. The summed E-state index contributed by atoms with van der Waals surface area (Å²) in [5, 5.41) is 0. The average molecular weight is 625 g/mol. The lowest BCUT2D eigenvalue weighted by Crippen LogP contribution is -2.33. The van der Waals surface area contributed by atoms with E-state index in [4.69, 9.17) is 20.9 Å². The largest absolute Gasteiger partial charge is 0.457 e. The SMILES string of the molecule is CCCc1cccc(C2CCC(c3ccc(Oc4ccc(N)cc4C)c(C)c3)(c3ccc(Oc4ccc(N)cc4C)c(C)c3)CC2)c1. The number of hydrogen-bond acceptors (Lipinski definition) is 4. The topological polar surface area (TPSA) is 70.5 Å². The summed E-state index contributed by atoms with van der Waals surface area (Å²) in [4.78, 5) is 0. The van der Waals surface area contributed by atoms with Crippen molar-refractivity contribution in [1.82, 2.24) is 0 Å². The molecule has 0 amide bonds. The van der Waals surface area contributed by atoms with Gasteiger partial charge in [0.15, 0.2) is 0 Å². The van der Waals surface area contributed by atoms with Crippen molar-refractivity contribution in [3.05, 3.63) is 142 Å². The van der Waals surface area contributed by atoms with E-state index in [1.54, 1.807) is 0 Å². The quantitative estimate of drug-likeness (QED) is 0.160. The van der Waals surface area contributed by atoms with Crippen LogP contribution in [0.4, 0.5) is 11.4 Å². The summed E-state index contributed by atoms with van der Waals surface area (Å²) in [5.74, 6) is 3.97. The molecule has 0 aromatic heterocycles. The summed E-state index contributed by atoms with van der Waals surface area (Å²) in [6.45, 7) is 10.6. The summed E-state index contributed by atoms with van der Waals surface area (Å²) >= 11 is 0. The van der Waals surface area contributed by atoms with Gasteiger partial charge in [0.2, 0.25) is 0 Å². The molecule has 0 bridgehead atoms. The van der Waals surface area contributed by atoms with Crippen LogP contribution in [-0.4, -0.2) is 0 Å².